The van der Waals surface area contributed by atoms with Crippen LogP contribution in [0.2, 0.25) is 0 Å². The number of fused-ring (bicyclic) bond motifs is 3. The van der Waals surface area contributed by atoms with Crippen LogP contribution in [-0.2, 0) is 4.79 Å². The molecule has 2 saturated carbocycles. The maximum atomic E-state index is 14.3. The monoisotopic (exact) mass is 485 g/mol. The molecule has 6 nitrogen and oxygen atoms in total. The van der Waals surface area contributed by atoms with Crippen LogP contribution in [0.25, 0.3) is 10.9 Å². The van der Waals surface area contributed by atoms with Gasteiger partial charge in [0.1, 0.15) is 23.5 Å². The summed E-state index contributed by atoms with van der Waals surface area (Å²) in [5.41, 5.74) is -1.43. The molecule has 0 spiro atoms. The van der Waals surface area contributed by atoms with Crippen LogP contribution in [0.4, 0.5) is 13.2 Å². The fourth-order valence-electron chi connectivity index (χ4n) is 6.03. The number of H-pyrrole nitrogens is 1. The summed E-state index contributed by atoms with van der Waals surface area (Å²) >= 11 is 0. The second-order valence-corrected chi connectivity index (χ2v) is 10.1. The average Bonchev–Trinajstić information content (AvgIpc) is 3.40. The Labute approximate surface area is 199 Å². The number of nitrogens with zero attached hydrogens (tertiary/aromatic N) is 1. The molecule has 2 fully saturated rings. The third-order valence-electron chi connectivity index (χ3n) is 7.81. The van der Waals surface area contributed by atoms with Gasteiger partial charge in [-0.1, -0.05) is 6.07 Å². The molecule has 3 aromatic rings. The van der Waals surface area contributed by atoms with Gasteiger partial charge in [0.2, 0.25) is 5.91 Å². The van der Waals surface area contributed by atoms with Crippen LogP contribution >= 0.6 is 0 Å². The summed E-state index contributed by atoms with van der Waals surface area (Å²) in [6, 6.07) is 4.57. The van der Waals surface area contributed by atoms with Crippen molar-refractivity contribution >= 4 is 16.8 Å². The summed E-state index contributed by atoms with van der Waals surface area (Å²) in [5, 5.41) is 2.68. The Morgan fingerprint density at radius 3 is 2.46 bits per heavy atom. The molecule has 0 unspecified atom stereocenters. The van der Waals surface area contributed by atoms with E-state index in [1.54, 1.807) is 6.92 Å². The molecule has 1 heterocycles. The van der Waals surface area contributed by atoms with Crippen molar-refractivity contribution in [2.24, 2.45) is 11.3 Å². The summed E-state index contributed by atoms with van der Waals surface area (Å²) < 4.78 is 42.4. The Hall–Kier alpha value is -3.36. The van der Waals surface area contributed by atoms with Gasteiger partial charge in [0.05, 0.1) is 16.9 Å². The van der Waals surface area contributed by atoms with Crippen molar-refractivity contribution in [1.82, 2.24) is 14.9 Å². The topological polar surface area (TPSA) is 84.0 Å². The summed E-state index contributed by atoms with van der Waals surface area (Å²) in [4.78, 5) is 42.6. The first-order chi connectivity index (χ1) is 16.7. The molecule has 5 rings (SSSR count). The SMILES string of the molecule is C[C@@H](NC(=O)[C@H](CC12CCC(CC1)C2)n1c(=O)[nH]c2ccc(F)cc2c1=O)c1ccc(F)cc1F. The highest BCUT2D eigenvalue weighted by atomic mass is 19.1. The van der Waals surface area contributed by atoms with E-state index in [9.17, 15) is 27.6 Å². The summed E-state index contributed by atoms with van der Waals surface area (Å²) in [6.07, 6.45) is 5.09. The normalized spacial score (nSPS) is 22.9. The molecule has 2 bridgehead atoms. The van der Waals surface area contributed by atoms with Crippen molar-refractivity contribution in [3.63, 3.8) is 0 Å². The summed E-state index contributed by atoms with van der Waals surface area (Å²) in [7, 11) is 0. The average molecular weight is 486 g/mol. The molecule has 1 amide bonds. The minimum Gasteiger partial charge on any atom is -0.348 e. The molecule has 0 saturated heterocycles. The number of aromatic amines is 1. The van der Waals surface area contributed by atoms with Gasteiger partial charge in [-0.25, -0.2) is 22.5 Å². The van der Waals surface area contributed by atoms with Crippen molar-refractivity contribution < 1.29 is 18.0 Å². The number of hydrogen-bond donors (Lipinski definition) is 2. The van der Waals surface area contributed by atoms with E-state index >= 15 is 0 Å². The lowest BCUT2D eigenvalue weighted by Gasteiger charge is -2.32. The van der Waals surface area contributed by atoms with Crippen LogP contribution in [0.1, 0.15) is 63.1 Å². The molecule has 2 aromatic carbocycles. The van der Waals surface area contributed by atoms with Crippen LogP contribution in [0.5, 0.6) is 0 Å². The number of halogens is 3. The third-order valence-corrected chi connectivity index (χ3v) is 7.81. The molecule has 9 heteroatoms. The quantitative estimate of drug-likeness (QED) is 0.540. The van der Waals surface area contributed by atoms with E-state index in [0.29, 0.717) is 5.92 Å². The highest BCUT2D eigenvalue weighted by Gasteiger charge is 2.47. The van der Waals surface area contributed by atoms with Crippen LogP contribution in [0.3, 0.4) is 0 Å². The highest BCUT2D eigenvalue weighted by Crippen LogP contribution is 2.57. The van der Waals surface area contributed by atoms with Gasteiger partial charge in [-0.3, -0.25) is 9.59 Å². The number of aromatic nitrogens is 2. The van der Waals surface area contributed by atoms with E-state index in [1.807, 2.05) is 0 Å². The van der Waals surface area contributed by atoms with E-state index in [2.05, 4.69) is 10.3 Å². The fourth-order valence-corrected chi connectivity index (χ4v) is 6.03. The van der Waals surface area contributed by atoms with Crippen LogP contribution in [0.15, 0.2) is 46.0 Å². The van der Waals surface area contributed by atoms with E-state index in [4.69, 9.17) is 0 Å². The Morgan fingerprint density at radius 2 is 1.80 bits per heavy atom. The van der Waals surface area contributed by atoms with Crippen molar-refractivity contribution in [2.45, 2.75) is 57.5 Å². The zero-order valence-corrected chi connectivity index (χ0v) is 19.2. The van der Waals surface area contributed by atoms with Crippen LogP contribution in [0, 0.1) is 28.8 Å². The fraction of sp³-hybridized carbons (Fsp3) is 0.423. The zero-order chi connectivity index (χ0) is 24.9. The lowest BCUT2D eigenvalue weighted by atomic mass is 9.78. The van der Waals surface area contributed by atoms with Crippen LogP contribution in [-0.4, -0.2) is 15.5 Å². The lowest BCUT2D eigenvalue weighted by molar-refractivity contribution is -0.126. The van der Waals surface area contributed by atoms with Gasteiger partial charge < -0.3 is 10.3 Å². The van der Waals surface area contributed by atoms with Gasteiger partial charge in [-0.2, -0.15) is 0 Å². The summed E-state index contributed by atoms with van der Waals surface area (Å²) in [5.74, 6) is -2.22. The Balaban J connectivity index is 1.55. The first-order valence-electron chi connectivity index (χ1n) is 11.9. The van der Waals surface area contributed by atoms with Gasteiger partial charge in [0, 0.05) is 11.6 Å². The van der Waals surface area contributed by atoms with E-state index < -0.39 is 46.7 Å². The number of hydrogen-bond acceptors (Lipinski definition) is 3. The maximum absolute atomic E-state index is 14.3. The minimum absolute atomic E-state index is 0.0340. The molecule has 0 aliphatic heterocycles. The molecular weight excluding hydrogens is 459 g/mol. The summed E-state index contributed by atoms with van der Waals surface area (Å²) in [6.45, 7) is 1.55. The molecule has 1 aromatic heterocycles. The number of amides is 1. The first-order valence-corrected chi connectivity index (χ1v) is 11.9. The second-order valence-electron chi connectivity index (χ2n) is 10.1. The second kappa shape index (κ2) is 8.70. The number of carbonyl (C=O) groups is 1. The zero-order valence-electron chi connectivity index (χ0n) is 19.2. The third kappa shape index (κ3) is 4.28. The van der Waals surface area contributed by atoms with E-state index in [0.717, 1.165) is 60.9 Å². The molecule has 2 atom stereocenters. The Bertz CT molecular complexity index is 1420. The minimum atomic E-state index is -1.17. The smallest absolute Gasteiger partial charge is 0.329 e. The van der Waals surface area contributed by atoms with Gasteiger partial charge in [-0.15, -0.1) is 0 Å². The molecular formula is C26H26F3N3O3. The van der Waals surface area contributed by atoms with Gasteiger partial charge in [-0.05, 0) is 81.0 Å². The number of nitrogens with one attached hydrogen (secondary N) is 2. The van der Waals surface area contributed by atoms with Crippen LogP contribution < -0.4 is 16.6 Å². The predicted molar refractivity (Wildman–Crippen MR) is 124 cm³/mol. The van der Waals surface area contributed by atoms with Gasteiger partial charge in [0.15, 0.2) is 0 Å². The molecule has 2 aliphatic rings. The lowest BCUT2D eigenvalue weighted by Crippen LogP contribution is -2.46. The Morgan fingerprint density at radius 1 is 1.11 bits per heavy atom. The van der Waals surface area contributed by atoms with Crippen molar-refractivity contribution in [2.75, 3.05) is 0 Å². The maximum Gasteiger partial charge on any atom is 0.329 e. The van der Waals surface area contributed by atoms with Gasteiger partial charge in [0.25, 0.3) is 5.56 Å². The Kier molecular flexibility index (Phi) is 5.81. The first kappa shape index (κ1) is 23.4. The van der Waals surface area contributed by atoms with E-state index in [1.165, 1.54) is 12.1 Å². The number of benzene rings is 2. The highest BCUT2D eigenvalue weighted by molar-refractivity contribution is 5.82. The van der Waals surface area contributed by atoms with Crippen molar-refractivity contribution in [3.8, 4) is 0 Å². The molecule has 184 valence electrons. The van der Waals surface area contributed by atoms with E-state index in [-0.39, 0.29) is 28.3 Å². The molecule has 35 heavy (non-hydrogen) atoms. The molecule has 0 radical (unpaired) electrons. The molecule has 2 N–H and O–H groups in total. The van der Waals surface area contributed by atoms with Gasteiger partial charge >= 0.3 is 5.69 Å². The van der Waals surface area contributed by atoms with Crippen molar-refractivity contribution in [3.05, 3.63) is 80.3 Å². The number of rotatable bonds is 6. The molecule has 2 aliphatic carbocycles. The number of carbonyl (C=O) groups excluding carboxylic acids is 1. The standard InChI is InChI=1S/C26H26F3N3O3/c1-14(18-4-2-17(28)11-20(18)29)30-23(33)22(13-26-8-6-15(12-26)7-9-26)32-24(34)19-10-16(27)3-5-21(19)31-25(32)35/h2-5,10-11,14-15,22H,6-9,12-13H2,1H3,(H,30,33)(H,31,35)/t14-,15?,22+,26?/m1/s1. The predicted octanol–water partition coefficient (Wildman–Crippen LogP) is 4.50. The largest absolute Gasteiger partial charge is 0.348 e. The van der Waals surface area contributed by atoms with Crippen molar-refractivity contribution in [1.29, 1.82) is 0 Å².